The summed E-state index contributed by atoms with van der Waals surface area (Å²) in [4.78, 5) is 26.5. The van der Waals surface area contributed by atoms with Crippen molar-refractivity contribution in [2.75, 3.05) is 11.1 Å². The van der Waals surface area contributed by atoms with Crippen LogP contribution in [0.4, 0.5) is 11.6 Å². The number of nitrogens with zero attached hydrogens (tertiary/aromatic N) is 2. The lowest BCUT2D eigenvalue weighted by Gasteiger charge is -2.07. The summed E-state index contributed by atoms with van der Waals surface area (Å²) in [6.07, 6.45) is 0. The van der Waals surface area contributed by atoms with Crippen LogP contribution in [0.5, 0.6) is 0 Å². The number of carboxylic acids is 1. The molecule has 0 saturated heterocycles. The Bertz CT molecular complexity index is 650. The lowest BCUT2D eigenvalue weighted by Crippen LogP contribution is -2.16. The third-order valence-electron chi connectivity index (χ3n) is 2.37. The van der Waals surface area contributed by atoms with Gasteiger partial charge in [0.05, 0.1) is 11.3 Å². The van der Waals surface area contributed by atoms with Crippen molar-refractivity contribution >= 4 is 23.5 Å². The number of amides is 1. The van der Waals surface area contributed by atoms with Gasteiger partial charge in [-0.3, -0.25) is 9.89 Å². The second-order valence-electron chi connectivity index (χ2n) is 3.85. The van der Waals surface area contributed by atoms with Gasteiger partial charge in [-0.25, -0.2) is 4.79 Å². The SMILES string of the molecule is Cc1ccc(NC(=O)c2nc(N)n[nH]2)c(C(=O)O)c1. The predicted molar refractivity (Wildman–Crippen MR) is 66.9 cm³/mol. The minimum Gasteiger partial charge on any atom is -0.478 e. The molecule has 0 unspecified atom stereocenters. The van der Waals surface area contributed by atoms with E-state index in [-0.39, 0.29) is 23.0 Å². The van der Waals surface area contributed by atoms with Crippen LogP contribution in [0, 0.1) is 6.92 Å². The number of hydrogen-bond donors (Lipinski definition) is 4. The molecule has 0 spiro atoms. The molecule has 0 radical (unpaired) electrons. The molecule has 0 aliphatic heterocycles. The topological polar surface area (TPSA) is 134 Å². The Morgan fingerprint density at radius 3 is 2.74 bits per heavy atom. The van der Waals surface area contributed by atoms with Gasteiger partial charge in [-0.1, -0.05) is 11.6 Å². The number of rotatable bonds is 3. The average Bonchev–Trinajstić information content (AvgIpc) is 2.78. The molecule has 0 aliphatic carbocycles. The van der Waals surface area contributed by atoms with Gasteiger partial charge in [0.1, 0.15) is 0 Å². The van der Waals surface area contributed by atoms with Crippen molar-refractivity contribution in [3.05, 3.63) is 35.2 Å². The van der Waals surface area contributed by atoms with Crippen LogP contribution in [0.1, 0.15) is 26.5 Å². The normalized spacial score (nSPS) is 10.2. The first-order valence-electron chi connectivity index (χ1n) is 5.30. The molecule has 0 aliphatic rings. The lowest BCUT2D eigenvalue weighted by atomic mass is 10.1. The smallest absolute Gasteiger partial charge is 0.337 e. The van der Waals surface area contributed by atoms with Crippen molar-refractivity contribution in [3.8, 4) is 0 Å². The fourth-order valence-corrected chi connectivity index (χ4v) is 1.50. The number of carboxylic acid groups (broad SMARTS) is 1. The van der Waals surface area contributed by atoms with Crippen LogP contribution in [-0.4, -0.2) is 32.2 Å². The number of aryl methyl sites for hydroxylation is 1. The molecule has 0 bridgehead atoms. The first-order valence-corrected chi connectivity index (χ1v) is 5.30. The number of carbonyl (C=O) groups excluding carboxylic acids is 1. The van der Waals surface area contributed by atoms with Crippen molar-refractivity contribution in [3.63, 3.8) is 0 Å². The van der Waals surface area contributed by atoms with Crippen LogP contribution in [0.3, 0.4) is 0 Å². The zero-order chi connectivity index (χ0) is 14.0. The molecule has 1 heterocycles. The van der Waals surface area contributed by atoms with Gasteiger partial charge >= 0.3 is 5.97 Å². The second kappa shape index (κ2) is 4.77. The molecular formula is C11H11N5O3. The number of H-pyrrole nitrogens is 1. The first-order chi connectivity index (χ1) is 8.97. The number of aromatic carboxylic acids is 1. The van der Waals surface area contributed by atoms with Gasteiger partial charge in [-0.15, -0.1) is 5.10 Å². The first kappa shape index (κ1) is 12.6. The number of aromatic nitrogens is 3. The van der Waals surface area contributed by atoms with Gasteiger partial charge in [-0.2, -0.15) is 4.98 Å². The summed E-state index contributed by atoms with van der Waals surface area (Å²) < 4.78 is 0. The predicted octanol–water partition coefficient (Wildman–Crippen LogP) is 0.646. The molecule has 1 aromatic heterocycles. The summed E-state index contributed by atoms with van der Waals surface area (Å²) in [5.41, 5.74) is 6.24. The van der Waals surface area contributed by atoms with E-state index in [9.17, 15) is 9.59 Å². The van der Waals surface area contributed by atoms with Crippen LogP contribution in [0.25, 0.3) is 0 Å². The molecule has 0 fully saturated rings. The minimum atomic E-state index is -1.13. The highest BCUT2D eigenvalue weighted by Gasteiger charge is 2.16. The van der Waals surface area contributed by atoms with E-state index >= 15 is 0 Å². The molecule has 8 nitrogen and oxygen atoms in total. The number of aromatic amines is 1. The van der Waals surface area contributed by atoms with E-state index in [0.717, 1.165) is 5.56 Å². The van der Waals surface area contributed by atoms with Crippen LogP contribution in [0.15, 0.2) is 18.2 Å². The fourth-order valence-electron chi connectivity index (χ4n) is 1.50. The summed E-state index contributed by atoms with van der Waals surface area (Å²) in [6.45, 7) is 1.76. The molecule has 1 aromatic carbocycles. The van der Waals surface area contributed by atoms with E-state index < -0.39 is 11.9 Å². The molecule has 0 atom stereocenters. The summed E-state index contributed by atoms with van der Waals surface area (Å²) >= 11 is 0. The number of nitrogens with one attached hydrogen (secondary N) is 2. The Morgan fingerprint density at radius 2 is 2.16 bits per heavy atom. The molecule has 5 N–H and O–H groups in total. The number of carbonyl (C=O) groups is 2. The maximum atomic E-state index is 11.8. The van der Waals surface area contributed by atoms with Crippen molar-refractivity contribution in [2.45, 2.75) is 6.92 Å². The molecule has 2 rings (SSSR count). The van der Waals surface area contributed by atoms with E-state index in [2.05, 4.69) is 20.5 Å². The maximum Gasteiger partial charge on any atom is 0.337 e. The molecule has 1 amide bonds. The van der Waals surface area contributed by atoms with E-state index in [4.69, 9.17) is 10.8 Å². The third kappa shape index (κ3) is 2.68. The van der Waals surface area contributed by atoms with Crippen LogP contribution < -0.4 is 11.1 Å². The molecule has 0 saturated carbocycles. The Hall–Kier alpha value is -2.90. The van der Waals surface area contributed by atoms with E-state index in [1.54, 1.807) is 13.0 Å². The number of benzene rings is 1. The van der Waals surface area contributed by atoms with E-state index in [0.29, 0.717) is 0 Å². The van der Waals surface area contributed by atoms with Crippen LogP contribution in [-0.2, 0) is 0 Å². The zero-order valence-electron chi connectivity index (χ0n) is 9.97. The van der Waals surface area contributed by atoms with Crippen molar-refractivity contribution in [1.82, 2.24) is 15.2 Å². The van der Waals surface area contributed by atoms with Gasteiger partial charge in [0.2, 0.25) is 11.8 Å². The number of nitrogen functional groups attached to an aromatic ring is 1. The summed E-state index contributed by atoms with van der Waals surface area (Å²) in [6, 6.07) is 4.67. The number of hydrogen-bond acceptors (Lipinski definition) is 5. The standard InChI is InChI=1S/C11H11N5O3/c1-5-2-3-7(6(4-5)10(18)19)13-9(17)8-14-11(12)16-15-8/h2-4H,1H3,(H,13,17)(H,18,19)(H3,12,14,15,16). The summed E-state index contributed by atoms with van der Waals surface area (Å²) in [7, 11) is 0. The Labute approximate surface area is 107 Å². The van der Waals surface area contributed by atoms with Crippen LogP contribution in [0.2, 0.25) is 0 Å². The minimum absolute atomic E-state index is 0.000775. The Kier molecular flexibility index (Phi) is 3.15. The monoisotopic (exact) mass is 261 g/mol. The average molecular weight is 261 g/mol. The number of nitrogens with two attached hydrogens (primary N) is 1. The Balaban J connectivity index is 2.28. The quantitative estimate of drug-likeness (QED) is 0.640. The maximum absolute atomic E-state index is 11.8. The highest BCUT2D eigenvalue weighted by Crippen LogP contribution is 2.18. The summed E-state index contributed by atoms with van der Waals surface area (Å²) in [5.74, 6) is -1.89. The van der Waals surface area contributed by atoms with Gasteiger partial charge in [-0.05, 0) is 19.1 Å². The lowest BCUT2D eigenvalue weighted by molar-refractivity contribution is 0.0698. The van der Waals surface area contributed by atoms with Gasteiger partial charge in [0.15, 0.2) is 0 Å². The van der Waals surface area contributed by atoms with Crippen LogP contribution >= 0.6 is 0 Å². The summed E-state index contributed by atoms with van der Waals surface area (Å²) in [5, 5.41) is 17.4. The molecular weight excluding hydrogens is 250 g/mol. The molecule has 8 heteroatoms. The van der Waals surface area contributed by atoms with Gasteiger partial charge in [0.25, 0.3) is 5.91 Å². The largest absolute Gasteiger partial charge is 0.478 e. The molecule has 19 heavy (non-hydrogen) atoms. The molecule has 98 valence electrons. The van der Waals surface area contributed by atoms with Gasteiger partial charge in [0, 0.05) is 0 Å². The fraction of sp³-hybridized carbons (Fsp3) is 0.0909. The highest BCUT2D eigenvalue weighted by atomic mass is 16.4. The van der Waals surface area contributed by atoms with E-state index in [1.807, 2.05) is 0 Å². The highest BCUT2D eigenvalue weighted by molar-refractivity contribution is 6.06. The van der Waals surface area contributed by atoms with Crippen molar-refractivity contribution in [1.29, 1.82) is 0 Å². The van der Waals surface area contributed by atoms with Crippen molar-refractivity contribution < 1.29 is 14.7 Å². The van der Waals surface area contributed by atoms with Crippen molar-refractivity contribution in [2.24, 2.45) is 0 Å². The van der Waals surface area contributed by atoms with E-state index in [1.165, 1.54) is 12.1 Å². The Morgan fingerprint density at radius 1 is 1.42 bits per heavy atom. The molecule has 2 aromatic rings. The second-order valence-corrected chi connectivity index (χ2v) is 3.85. The zero-order valence-corrected chi connectivity index (χ0v) is 9.97. The third-order valence-corrected chi connectivity index (χ3v) is 2.37. The van der Waals surface area contributed by atoms with Gasteiger partial charge < -0.3 is 16.2 Å². The number of anilines is 2.